The Kier molecular flexibility index (Phi) is 5.55. The molecule has 2 aromatic rings. The predicted molar refractivity (Wildman–Crippen MR) is 94.6 cm³/mol. The van der Waals surface area contributed by atoms with Crippen molar-refractivity contribution in [3.63, 3.8) is 0 Å². The van der Waals surface area contributed by atoms with Gasteiger partial charge < -0.3 is 19.3 Å². The van der Waals surface area contributed by atoms with Crippen molar-refractivity contribution in [1.82, 2.24) is 9.88 Å². The number of methoxy groups -OCH3 is 1. The van der Waals surface area contributed by atoms with E-state index in [9.17, 15) is 13.6 Å². The number of piperazine rings is 1. The van der Waals surface area contributed by atoms with E-state index in [2.05, 4.69) is 14.6 Å². The summed E-state index contributed by atoms with van der Waals surface area (Å²) >= 11 is 1.58. The van der Waals surface area contributed by atoms with Gasteiger partial charge in [0.15, 0.2) is 16.6 Å². The third-order valence-corrected chi connectivity index (χ3v) is 5.09. The van der Waals surface area contributed by atoms with Crippen LogP contribution in [-0.2, 0) is 0 Å². The van der Waals surface area contributed by atoms with Crippen molar-refractivity contribution in [2.75, 3.05) is 38.2 Å². The van der Waals surface area contributed by atoms with Gasteiger partial charge in [-0.05, 0) is 25.1 Å². The van der Waals surface area contributed by atoms with Gasteiger partial charge >= 0.3 is 6.61 Å². The van der Waals surface area contributed by atoms with Crippen LogP contribution in [0.3, 0.4) is 0 Å². The van der Waals surface area contributed by atoms with Crippen molar-refractivity contribution in [3.8, 4) is 11.5 Å². The first-order valence-electron chi connectivity index (χ1n) is 8.07. The van der Waals surface area contributed by atoms with Crippen molar-refractivity contribution in [2.45, 2.75) is 13.5 Å². The molecule has 1 aromatic carbocycles. The molecule has 1 amide bonds. The van der Waals surface area contributed by atoms with Gasteiger partial charge in [-0.15, -0.1) is 11.3 Å². The third kappa shape index (κ3) is 4.04. The van der Waals surface area contributed by atoms with Gasteiger partial charge in [-0.3, -0.25) is 4.79 Å². The number of amides is 1. The molecule has 0 saturated carbocycles. The maximum atomic E-state index is 12.7. The van der Waals surface area contributed by atoms with Crippen LogP contribution in [0.4, 0.5) is 13.9 Å². The number of anilines is 1. The Balaban J connectivity index is 1.68. The molecule has 0 bridgehead atoms. The zero-order chi connectivity index (χ0) is 18.7. The normalized spacial score (nSPS) is 14.7. The summed E-state index contributed by atoms with van der Waals surface area (Å²) in [5.74, 6) is -0.210. The highest BCUT2D eigenvalue weighted by atomic mass is 32.1. The molecular weight excluding hydrogens is 364 g/mol. The number of ether oxygens (including phenoxy) is 2. The van der Waals surface area contributed by atoms with Gasteiger partial charge in [0.2, 0.25) is 0 Å². The number of hydrogen-bond donors (Lipinski definition) is 0. The number of carbonyl (C=O) groups is 1. The summed E-state index contributed by atoms with van der Waals surface area (Å²) in [5.41, 5.74) is 1.27. The van der Waals surface area contributed by atoms with Crippen LogP contribution in [0.1, 0.15) is 16.1 Å². The molecule has 1 aliphatic rings. The number of aromatic nitrogens is 1. The van der Waals surface area contributed by atoms with E-state index in [4.69, 9.17) is 4.74 Å². The molecular formula is C17H19F2N3O3S. The summed E-state index contributed by atoms with van der Waals surface area (Å²) in [6, 6.07) is 4.31. The molecule has 0 spiro atoms. The zero-order valence-electron chi connectivity index (χ0n) is 14.4. The minimum absolute atomic E-state index is 0.148. The molecule has 26 heavy (non-hydrogen) atoms. The summed E-state index contributed by atoms with van der Waals surface area (Å²) in [7, 11) is 1.36. The first kappa shape index (κ1) is 18.4. The minimum Gasteiger partial charge on any atom is -0.493 e. The average molecular weight is 383 g/mol. The fraction of sp³-hybridized carbons (Fsp3) is 0.412. The average Bonchev–Trinajstić information content (AvgIpc) is 3.07. The van der Waals surface area contributed by atoms with E-state index in [-0.39, 0.29) is 17.4 Å². The van der Waals surface area contributed by atoms with Crippen LogP contribution in [0.2, 0.25) is 0 Å². The molecule has 140 valence electrons. The maximum Gasteiger partial charge on any atom is 0.387 e. The van der Waals surface area contributed by atoms with Crippen LogP contribution in [0.5, 0.6) is 11.5 Å². The zero-order valence-corrected chi connectivity index (χ0v) is 15.3. The second-order valence-corrected chi connectivity index (χ2v) is 6.63. The van der Waals surface area contributed by atoms with E-state index in [0.717, 1.165) is 10.8 Å². The first-order valence-corrected chi connectivity index (χ1v) is 8.95. The topological polar surface area (TPSA) is 54.9 Å². The van der Waals surface area contributed by atoms with Crippen LogP contribution in [-0.4, -0.2) is 55.7 Å². The smallest absolute Gasteiger partial charge is 0.387 e. The predicted octanol–water partition coefficient (Wildman–Crippen LogP) is 3.02. The Labute approximate surface area is 154 Å². The molecule has 1 aromatic heterocycles. The summed E-state index contributed by atoms with van der Waals surface area (Å²) in [6.07, 6.45) is 0. The Morgan fingerprint density at radius 2 is 1.96 bits per heavy atom. The lowest BCUT2D eigenvalue weighted by Crippen LogP contribution is -2.48. The molecule has 0 atom stereocenters. The summed E-state index contributed by atoms with van der Waals surface area (Å²) in [5, 5.41) is 2.95. The Morgan fingerprint density at radius 1 is 1.23 bits per heavy atom. The standard InChI is InChI=1S/C17H19F2N3O3S/c1-11-10-26-17(20-11)22-7-5-21(6-8-22)15(23)12-3-4-13(24-2)14(9-12)25-16(18)19/h3-4,9-10,16H,5-8H2,1-2H3. The summed E-state index contributed by atoms with van der Waals surface area (Å²) in [4.78, 5) is 21.0. The molecule has 3 rings (SSSR count). The van der Waals surface area contributed by atoms with E-state index in [1.54, 1.807) is 22.3 Å². The molecule has 0 radical (unpaired) electrons. The number of carbonyl (C=O) groups excluding carboxylic acids is 1. The van der Waals surface area contributed by atoms with Crippen molar-refractivity contribution in [3.05, 3.63) is 34.8 Å². The van der Waals surface area contributed by atoms with E-state index < -0.39 is 6.61 Å². The van der Waals surface area contributed by atoms with Gasteiger partial charge in [0.05, 0.1) is 12.8 Å². The molecule has 1 fully saturated rings. The third-order valence-electron chi connectivity index (χ3n) is 4.07. The van der Waals surface area contributed by atoms with Gasteiger partial charge in [-0.2, -0.15) is 8.78 Å². The lowest BCUT2D eigenvalue weighted by atomic mass is 10.1. The van der Waals surface area contributed by atoms with Gasteiger partial charge in [-0.1, -0.05) is 0 Å². The highest BCUT2D eigenvalue weighted by molar-refractivity contribution is 7.13. The van der Waals surface area contributed by atoms with Crippen LogP contribution in [0, 0.1) is 6.92 Å². The molecule has 1 aliphatic heterocycles. The van der Waals surface area contributed by atoms with Crippen LogP contribution in [0.25, 0.3) is 0 Å². The van der Waals surface area contributed by atoms with Crippen molar-refractivity contribution < 1.29 is 23.0 Å². The second kappa shape index (κ2) is 7.86. The van der Waals surface area contributed by atoms with Gasteiger partial charge in [0.1, 0.15) is 0 Å². The van der Waals surface area contributed by atoms with Crippen molar-refractivity contribution in [1.29, 1.82) is 0 Å². The number of alkyl halides is 2. The maximum absolute atomic E-state index is 12.7. The van der Waals surface area contributed by atoms with Gasteiger partial charge in [-0.25, -0.2) is 4.98 Å². The summed E-state index contributed by atoms with van der Waals surface area (Å²) < 4.78 is 34.5. The van der Waals surface area contributed by atoms with Gasteiger partial charge in [0, 0.05) is 37.1 Å². The molecule has 0 unspecified atom stereocenters. The fourth-order valence-corrected chi connectivity index (χ4v) is 3.63. The highest BCUT2D eigenvalue weighted by Crippen LogP contribution is 2.30. The first-order chi connectivity index (χ1) is 12.5. The quantitative estimate of drug-likeness (QED) is 0.795. The SMILES string of the molecule is COc1ccc(C(=O)N2CCN(c3nc(C)cs3)CC2)cc1OC(F)F. The number of aryl methyl sites for hydroxylation is 1. The van der Waals surface area contributed by atoms with Crippen molar-refractivity contribution >= 4 is 22.4 Å². The Morgan fingerprint density at radius 3 is 2.54 bits per heavy atom. The van der Waals surface area contributed by atoms with Crippen LogP contribution < -0.4 is 14.4 Å². The van der Waals surface area contributed by atoms with Crippen LogP contribution >= 0.6 is 11.3 Å². The lowest BCUT2D eigenvalue weighted by molar-refractivity contribution is -0.0512. The monoisotopic (exact) mass is 383 g/mol. The highest BCUT2D eigenvalue weighted by Gasteiger charge is 2.24. The molecule has 2 heterocycles. The van der Waals surface area contributed by atoms with E-state index >= 15 is 0 Å². The van der Waals surface area contributed by atoms with Crippen molar-refractivity contribution in [2.24, 2.45) is 0 Å². The molecule has 1 saturated heterocycles. The number of thiazole rings is 1. The van der Waals surface area contributed by atoms with Gasteiger partial charge in [0.25, 0.3) is 5.91 Å². The van der Waals surface area contributed by atoms with E-state index in [0.29, 0.717) is 31.7 Å². The largest absolute Gasteiger partial charge is 0.493 e. The lowest BCUT2D eigenvalue weighted by Gasteiger charge is -2.34. The fourth-order valence-electron chi connectivity index (χ4n) is 2.77. The van der Waals surface area contributed by atoms with Crippen LogP contribution in [0.15, 0.2) is 23.6 Å². The Hall–Kier alpha value is -2.42. The Bertz CT molecular complexity index is 776. The number of hydrogen-bond acceptors (Lipinski definition) is 6. The van der Waals surface area contributed by atoms with E-state index in [1.165, 1.54) is 19.2 Å². The molecule has 0 aliphatic carbocycles. The minimum atomic E-state index is -2.99. The molecule has 9 heteroatoms. The molecule has 6 nitrogen and oxygen atoms in total. The number of nitrogens with zero attached hydrogens (tertiary/aromatic N) is 3. The van der Waals surface area contributed by atoms with E-state index in [1.807, 2.05) is 12.3 Å². The summed E-state index contributed by atoms with van der Waals surface area (Å²) in [6.45, 7) is 1.38. The number of benzene rings is 1. The number of halogens is 2. The molecule has 0 N–H and O–H groups in total. The number of rotatable bonds is 5. The second-order valence-electron chi connectivity index (χ2n) is 5.79.